The van der Waals surface area contributed by atoms with Gasteiger partial charge in [-0.3, -0.25) is 0 Å². The topological polar surface area (TPSA) is 32.3 Å². The highest BCUT2D eigenvalue weighted by Gasteiger charge is 2.51. The van der Waals surface area contributed by atoms with Gasteiger partial charge in [0, 0.05) is 18.6 Å². The van der Waals surface area contributed by atoms with E-state index in [0.717, 1.165) is 6.54 Å². The lowest BCUT2D eigenvalue weighted by Gasteiger charge is -2.39. The highest BCUT2D eigenvalue weighted by Crippen LogP contribution is 2.52. The first-order valence-corrected chi connectivity index (χ1v) is 8.44. The Morgan fingerprint density at radius 1 is 1.10 bits per heavy atom. The summed E-state index contributed by atoms with van der Waals surface area (Å²) in [4.78, 5) is 14.8. The fraction of sp³-hybridized carbons (Fsp3) is 0.941. The Morgan fingerprint density at radius 2 is 1.80 bits per heavy atom. The molecule has 3 heteroatoms. The van der Waals surface area contributed by atoms with Crippen LogP contribution in [0.15, 0.2) is 0 Å². The highest BCUT2D eigenvalue weighted by molar-refractivity contribution is 5.75. The number of rotatable bonds is 1. The largest absolute Gasteiger partial charge is 0.335 e. The highest BCUT2D eigenvalue weighted by atomic mass is 16.2. The molecule has 3 aliphatic rings. The molecule has 2 bridgehead atoms. The Bertz CT molecular complexity index is 386. The third-order valence-electron chi connectivity index (χ3n) is 5.61. The van der Waals surface area contributed by atoms with Gasteiger partial charge in [0.25, 0.3) is 0 Å². The van der Waals surface area contributed by atoms with Crippen molar-refractivity contribution in [3.63, 3.8) is 0 Å². The van der Waals surface area contributed by atoms with Crippen LogP contribution in [0.1, 0.15) is 72.1 Å². The summed E-state index contributed by atoms with van der Waals surface area (Å²) in [5, 5.41) is 3.30. The van der Waals surface area contributed by atoms with Crippen molar-refractivity contribution >= 4 is 6.03 Å². The SMILES string of the molecule is CC1(C)CC2CC(C)(CN2C(=O)NC2CCCCC2)C1. The van der Waals surface area contributed by atoms with Crippen LogP contribution >= 0.6 is 0 Å². The van der Waals surface area contributed by atoms with E-state index in [-0.39, 0.29) is 6.03 Å². The molecule has 1 N–H and O–H groups in total. The standard InChI is InChI=1S/C17H30N2O/c1-16(2)9-14-10-17(3,11-16)12-19(14)15(20)18-13-7-5-4-6-8-13/h13-14H,4-12H2,1-3H3,(H,18,20). The number of fused-ring (bicyclic) bond motifs is 2. The molecule has 3 fully saturated rings. The number of carbonyl (C=O) groups is 1. The average molecular weight is 278 g/mol. The monoisotopic (exact) mass is 278 g/mol. The van der Waals surface area contributed by atoms with E-state index in [1.165, 1.54) is 51.4 Å². The van der Waals surface area contributed by atoms with Crippen molar-refractivity contribution in [1.29, 1.82) is 0 Å². The van der Waals surface area contributed by atoms with Crippen LogP contribution in [-0.2, 0) is 0 Å². The average Bonchev–Trinajstić information content (AvgIpc) is 2.60. The molecule has 0 radical (unpaired) electrons. The molecule has 2 aliphatic carbocycles. The van der Waals surface area contributed by atoms with Crippen LogP contribution in [0.2, 0.25) is 0 Å². The molecule has 1 heterocycles. The Labute approximate surface area is 123 Å². The van der Waals surface area contributed by atoms with Crippen LogP contribution in [0.4, 0.5) is 4.79 Å². The van der Waals surface area contributed by atoms with Crippen LogP contribution < -0.4 is 5.32 Å². The summed E-state index contributed by atoms with van der Waals surface area (Å²) < 4.78 is 0. The van der Waals surface area contributed by atoms with Gasteiger partial charge in [0.2, 0.25) is 0 Å². The van der Waals surface area contributed by atoms with Gasteiger partial charge in [-0.2, -0.15) is 0 Å². The molecule has 3 rings (SSSR count). The maximum atomic E-state index is 12.6. The van der Waals surface area contributed by atoms with Crippen LogP contribution in [-0.4, -0.2) is 29.6 Å². The van der Waals surface area contributed by atoms with Crippen molar-refractivity contribution in [3.05, 3.63) is 0 Å². The van der Waals surface area contributed by atoms with Crippen molar-refractivity contribution in [2.45, 2.75) is 84.2 Å². The van der Waals surface area contributed by atoms with Crippen LogP contribution in [0.3, 0.4) is 0 Å². The molecule has 1 aliphatic heterocycles. The number of amides is 2. The van der Waals surface area contributed by atoms with Crippen LogP contribution in [0, 0.1) is 10.8 Å². The van der Waals surface area contributed by atoms with Gasteiger partial charge in [0.1, 0.15) is 0 Å². The molecule has 2 amide bonds. The zero-order valence-electron chi connectivity index (χ0n) is 13.4. The van der Waals surface area contributed by atoms with Gasteiger partial charge in [-0.15, -0.1) is 0 Å². The summed E-state index contributed by atoms with van der Waals surface area (Å²) in [7, 11) is 0. The second-order valence-corrected chi connectivity index (χ2v) is 8.63. The van der Waals surface area contributed by atoms with Gasteiger partial charge in [-0.1, -0.05) is 40.0 Å². The normalized spacial score (nSPS) is 37.0. The lowest BCUT2D eigenvalue weighted by atomic mass is 9.65. The Kier molecular flexibility index (Phi) is 3.50. The maximum Gasteiger partial charge on any atom is 0.317 e. The number of nitrogens with one attached hydrogen (secondary N) is 1. The third-order valence-corrected chi connectivity index (χ3v) is 5.61. The third kappa shape index (κ3) is 2.82. The number of likely N-dealkylation sites (tertiary alicyclic amines) is 1. The smallest absolute Gasteiger partial charge is 0.317 e. The van der Waals surface area contributed by atoms with Crippen molar-refractivity contribution in [3.8, 4) is 0 Å². The molecular weight excluding hydrogens is 248 g/mol. The molecule has 2 unspecified atom stereocenters. The first kappa shape index (κ1) is 14.2. The fourth-order valence-electron chi connectivity index (χ4n) is 5.20. The van der Waals surface area contributed by atoms with E-state index in [4.69, 9.17) is 0 Å². The zero-order chi connectivity index (χ0) is 14.4. The Balaban J connectivity index is 1.64. The molecule has 20 heavy (non-hydrogen) atoms. The second-order valence-electron chi connectivity index (χ2n) is 8.63. The van der Waals surface area contributed by atoms with E-state index in [9.17, 15) is 4.79 Å². The molecule has 0 aromatic rings. The molecule has 2 atom stereocenters. The zero-order valence-corrected chi connectivity index (χ0v) is 13.4. The molecule has 0 aromatic carbocycles. The first-order chi connectivity index (χ1) is 9.37. The Morgan fingerprint density at radius 3 is 2.50 bits per heavy atom. The molecule has 3 nitrogen and oxygen atoms in total. The van der Waals surface area contributed by atoms with Crippen LogP contribution in [0.5, 0.6) is 0 Å². The van der Waals surface area contributed by atoms with E-state index < -0.39 is 0 Å². The molecule has 1 saturated heterocycles. The van der Waals surface area contributed by atoms with Gasteiger partial charge in [-0.05, 0) is 42.9 Å². The minimum Gasteiger partial charge on any atom is -0.335 e. The van der Waals surface area contributed by atoms with Crippen molar-refractivity contribution < 1.29 is 4.79 Å². The predicted molar refractivity (Wildman–Crippen MR) is 81.6 cm³/mol. The number of hydrogen-bond donors (Lipinski definition) is 1. The summed E-state index contributed by atoms with van der Waals surface area (Å²) in [5.41, 5.74) is 0.730. The number of carbonyl (C=O) groups excluding carboxylic acids is 1. The quantitative estimate of drug-likeness (QED) is 0.774. The number of urea groups is 1. The lowest BCUT2D eigenvalue weighted by molar-refractivity contribution is 0.128. The first-order valence-electron chi connectivity index (χ1n) is 8.44. The van der Waals surface area contributed by atoms with Crippen molar-refractivity contribution in [1.82, 2.24) is 10.2 Å². The molecule has 114 valence electrons. The molecule has 2 saturated carbocycles. The van der Waals surface area contributed by atoms with E-state index in [0.29, 0.717) is 22.9 Å². The number of hydrogen-bond acceptors (Lipinski definition) is 1. The second kappa shape index (κ2) is 4.92. The van der Waals surface area contributed by atoms with Gasteiger partial charge in [0.15, 0.2) is 0 Å². The van der Waals surface area contributed by atoms with Gasteiger partial charge >= 0.3 is 6.03 Å². The van der Waals surface area contributed by atoms with E-state index in [1.54, 1.807) is 0 Å². The number of nitrogens with zero attached hydrogens (tertiary/aromatic N) is 1. The van der Waals surface area contributed by atoms with E-state index in [1.807, 2.05) is 0 Å². The van der Waals surface area contributed by atoms with Crippen molar-refractivity contribution in [2.75, 3.05) is 6.54 Å². The molecule has 0 aromatic heterocycles. The Hall–Kier alpha value is -0.730. The lowest BCUT2D eigenvalue weighted by Crippen LogP contribution is -2.47. The van der Waals surface area contributed by atoms with E-state index in [2.05, 4.69) is 31.0 Å². The van der Waals surface area contributed by atoms with Gasteiger partial charge < -0.3 is 10.2 Å². The molecular formula is C17H30N2O. The van der Waals surface area contributed by atoms with Gasteiger partial charge in [0.05, 0.1) is 0 Å². The fourth-order valence-corrected chi connectivity index (χ4v) is 5.20. The van der Waals surface area contributed by atoms with Crippen LogP contribution in [0.25, 0.3) is 0 Å². The summed E-state index contributed by atoms with van der Waals surface area (Å²) in [6.45, 7) is 8.05. The minimum absolute atomic E-state index is 0.211. The summed E-state index contributed by atoms with van der Waals surface area (Å²) in [6.07, 6.45) is 9.86. The predicted octanol–water partition coefficient (Wildman–Crippen LogP) is 3.93. The molecule has 0 spiro atoms. The summed E-state index contributed by atoms with van der Waals surface area (Å²) in [5.74, 6) is 0. The van der Waals surface area contributed by atoms with E-state index >= 15 is 0 Å². The summed E-state index contributed by atoms with van der Waals surface area (Å²) >= 11 is 0. The summed E-state index contributed by atoms with van der Waals surface area (Å²) in [6, 6.07) is 1.10. The van der Waals surface area contributed by atoms with Gasteiger partial charge in [-0.25, -0.2) is 4.79 Å². The minimum atomic E-state index is 0.211. The maximum absolute atomic E-state index is 12.6. The van der Waals surface area contributed by atoms with Crippen molar-refractivity contribution in [2.24, 2.45) is 10.8 Å².